The van der Waals surface area contributed by atoms with Crippen molar-refractivity contribution < 1.29 is 0 Å². The molecule has 4 heteroatoms. The molecule has 106 valence electrons. The molecule has 1 aliphatic heterocycles. The van der Waals surface area contributed by atoms with Gasteiger partial charge >= 0.3 is 0 Å². The molecule has 0 aliphatic carbocycles. The Balaban J connectivity index is 2.02. The van der Waals surface area contributed by atoms with E-state index in [9.17, 15) is 0 Å². The van der Waals surface area contributed by atoms with E-state index in [2.05, 4.69) is 48.1 Å². The van der Waals surface area contributed by atoms with Crippen molar-refractivity contribution in [3.8, 4) is 0 Å². The minimum atomic E-state index is 0.279. The van der Waals surface area contributed by atoms with Crippen molar-refractivity contribution in [3.63, 3.8) is 0 Å². The van der Waals surface area contributed by atoms with E-state index in [-0.39, 0.29) is 6.04 Å². The summed E-state index contributed by atoms with van der Waals surface area (Å²) >= 11 is 0. The van der Waals surface area contributed by atoms with Crippen LogP contribution in [0.1, 0.15) is 49.0 Å². The molecule has 1 aromatic heterocycles. The number of nitrogens with one attached hydrogen (secondary N) is 1. The molecule has 3 N–H and O–H groups in total. The summed E-state index contributed by atoms with van der Waals surface area (Å²) < 4.78 is 2.11. The molecule has 1 aromatic carbocycles. The van der Waals surface area contributed by atoms with E-state index in [4.69, 9.17) is 10.8 Å². The van der Waals surface area contributed by atoms with Crippen LogP contribution in [0.25, 0.3) is 0 Å². The number of nitrogen functional groups attached to an aromatic ring is 1. The van der Waals surface area contributed by atoms with Gasteiger partial charge in [-0.15, -0.1) is 0 Å². The van der Waals surface area contributed by atoms with Gasteiger partial charge in [-0.1, -0.05) is 26.0 Å². The number of aryl methyl sites for hydroxylation is 1. The molecule has 0 bridgehead atoms. The normalized spacial score (nSPS) is 17.9. The van der Waals surface area contributed by atoms with Crippen molar-refractivity contribution in [2.24, 2.45) is 0 Å². The Labute approximate surface area is 120 Å². The smallest absolute Gasteiger partial charge is 0.125 e. The van der Waals surface area contributed by atoms with Crippen LogP contribution in [0.3, 0.4) is 0 Å². The number of nitrogens with two attached hydrogens (primary N) is 1. The van der Waals surface area contributed by atoms with E-state index in [0.29, 0.717) is 5.92 Å². The Kier molecular flexibility index (Phi) is 3.16. The predicted molar refractivity (Wildman–Crippen MR) is 83.2 cm³/mol. The van der Waals surface area contributed by atoms with Gasteiger partial charge in [-0.3, -0.25) is 0 Å². The van der Waals surface area contributed by atoms with Crippen LogP contribution in [0.15, 0.2) is 24.3 Å². The van der Waals surface area contributed by atoms with Gasteiger partial charge in [0.05, 0.1) is 11.7 Å². The zero-order valence-electron chi connectivity index (χ0n) is 12.4. The topological polar surface area (TPSA) is 55.9 Å². The highest BCUT2D eigenvalue weighted by Crippen LogP contribution is 2.32. The third-order valence-corrected chi connectivity index (χ3v) is 4.05. The highest BCUT2D eigenvalue weighted by molar-refractivity contribution is 5.50. The van der Waals surface area contributed by atoms with Crippen molar-refractivity contribution in [2.45, 2.75) is 39.2 Å². The average Bonchev–Trinajstić information content (AvgIpc) is 2.86. The van der Waals surface area contributed by atoms with Crippen molar-refractivity contribution in [1.82, 2.24) is 9.78 Å². The molecule has 2 aromatic rings. The maximum atomic E-state index is 6.06. The zero-order valence-corrected chi connectivity index (χ0v) is 12.4. The molecule has 0 spiro atoms. The lowest BCUT2D eigenvalue weighted by Crippen LogP contribution is -2.24. The maximum absolute atomic E-state index is 6.06. The zero-order chi connectivity index (χ0) is 14.3. The quantitative estimate of drug-likeness (QED) is 0.823. The number of anilines is 2. The lowest BCUT2D eigenvalue weighted by Gasteiger charge is -2.26. The Morgan fingerprint density at radius 3 is 2.85 bits per heavy atom. The number of aromatic nitrogens is 2. The molecule has 1 atom stereocenters. The number of hydrogen-bond donors (Lipinski definition) is 2. The van der Waals surface area contributed by atoms with Crippen molar-refractivity contribution in [1.29, 1.82) is 0 Å². The first-order valence-electron chi connectivity index (χ1n) is 7.25. The first kappa shape index (κ1) is 13.0. The van der Waals surface area contributed by atoms with E-state index in [0.717, 1.165) is 35.7 Å². The lowest BCUT2D eigenvalue weighted by molar-refractivity contribution is 0.476. The summed E-state index contributed by atoms with van der Waals surface area (Å²) in [5.41, 5.74) is 10.4. The fraction of sp³-hybridized carbons (Fsp3) is 0.438. The van der Waals surface area contributed by atoms with Crippen LogP contribution in [0.4, 0.5) is 11.5 Å². The minimum absolute atomic E-state index is 0.279. The second-order valence-electron chi connectivity index (χ2n) is 5.90. The van der Waals surface area contributed by atoms with Crippen molar-refractivity contribution in [2.75, 3.05) is 17.6 Å². The predicted octanol–water partition coefficient (Wildman–Crippen LogP) is 3.30. The van der Waals surface area contributed by atoms with Crippen LogP contribution in [-0.2, 0) is 0 Å². The molecular weight excluding hydrogens is 248 g/mol. The van der Waals surface area contributed by atoms with E-state index >= 15 is 0 Å². The summed E-state index contributed by atoms with van der Waals surface area (Å²) in [5, 5.41) is 8.21. The Morgan fingerprint density at radius 2 is 2.15 bits per heavy atom. The van der Waals surface area contributed by atoms with Gasteiger partial charge in [-0.25, -0.2) is 4.68 Å². The Morgan fingerprint density at radius 1 is 1.35 bits per heavy atom. The fourth-order valence-corrected chi connectivity index (χ4v) is 2.70. The largest absolute Gasteiger partial charge is 0.399 e. The van der Waals surface area contributed by atoms with Gasteiger partial charge in [0.15, 0.2) is 0 Å². The standard InChI is InChI=1S/C16H22N4/c1-10(2)14-9-16-18-7-6-15(20(16)19-14)12-5-4-11(3)13(17)8-12/h4-5,8-10,15,18H,6-7,17H2,1-3H3. The second-order valence-corrected chi connectivity index (χ2v) is 5.90. The molecule has 0 fully saturated rings. The number of hydrogen-bond acceptors (Lipinski definition) is 3. The van der Waals surface area contributed by atoms with Gasteiger partial charge in [0.25, 0.3) is 0 Å². The molecule has 0 saturated heterocycles. The van der Waals surface area contributed by atoms with Crippen LogP contribution in [-0.4, -0.2) is 16.3 Å². The molecule has 2 heterocycles. The van der Waals surface area contributed by atoms with Crippen molar-refractivity contribution in [3.05, 3.63) is 41.1 Å². The highest BCUT2D eigenvalue weighted by Gasteiger charge is 2.24. The van der Waals surface area contributed by atoms with Gasteiger partial charge in [-0.05, 0) is 36.5 Å². The number of nitrogens with zero attached hydrogens (tertiary/aromatic N) is 2. The van der Waals surface area contributed by atoms with Crippen LogP contribution < -0.4 is 11.1 Å². The molecule has 0 radical (unpaired) electrons. The first-order chi connectivity index (χ1) is 9.56. The molecule has 1 unspecified atom stereocenters. The van der Waals surface area contributed by atoms with Gasteiger partial charge in [0.2, 0.25) is 0 Å². The molecule has 4 nitrogen and oxygen atoms in total. The number of rotatable bonds is 2. The van der Waals surface area contributed by atoms with E-state index < -0.39 is 0 Å². The summed E-state index contributed by atoms with van der Waals surface area (Å²) in [6, 6.07) is 8.79. The SMILES string of the molecule is Cc1ccc(C2CCNc3cc(C(C)C)nn32)cc1N. The fourth-order valence-electron chi connectivity index (χ4n) is 2.70. The summed E-state index contributed by atoms with van der Waals surface area (Å²) in [6.45, 7) is 7.36. The van der Waals surface area contributed by atoms with E-state index in [1.165, 1.54) is 5.56 Å². The Hall–Kier alpha value is -1.97. The van der Waals surface area contributed by atoms with Gasteiger partial charge in [0, 0.05) is 18.3 Å². The van der Waals surface area contributed by atoms with Crippen LogP contribution >= 0.6 is 0 Å². The average molecular weight is 270 g/mol. The molecule has 20 heavy (non-hydrogen) atoms. The monoisotopic (exact) mass is 270 g/mol. The Bertz CT molecular complexity index is 627. The third kappa shape index (κ3) is 2.15. The summed E-state index contributed by atoms with van der Waals surface area (Å²) in [7, 11) is 0. The number of fused-ring (bicyclic) bond motifs is 1. The second kappa shape index (κ2) is 4.85. The molecule has 0 saturated carbocycles. The van der Waals surface area contributed by atoms with Crippen LogP contribution in [0.5, 0.6) is 0 Å². The molecule has 3 rings (SSSR count). The third-order valence-electron chi connectivity index (χ3n) is 4.05. The highest BCUT2D eigenvalue weighted by atomic mass is 15.4. The van der Waals surface area contributed by atoms with Crippen LogP contribution in [0, 0.1) is 6.92 Å². The summed E-state index contributed by atoms with van der Waals surface area (Å²) in [6.07, 6.45) is 1.04. The minimum Gasteiger partial charge on any atom is -0.399 e. The molecule has 0 amide bonds. The van der Waals surface area contributed by atoms with Gasteiger partial charge < -0.3 is 11.1 Å². The summed E-state index contributed by atoms with van der Waals surface area (Å²) in [4.78, 5) is 0. The molecular formula is C16H22N4. The van der Waals surface area contributed by atoms with E-state index in [1.54, 1.807) is 0 Å². The first-order valence-corrected chi connectivity index (χ1v) is 7.25. The van der Waals surface area contributed by atoms with Crippen molar-refractivity contribution >= 4 is 11.5 Å². The van der Waals surface area contributed by atoms with Gasteiger partial charge in [0.1, 0.15) is 5.82 Å². The number of benzene rings is 1. The summed E-state index contributed by atoms with van der Waals surface area (Å²) in [5.74, 6) is 1.56. The lowest BCUT2D eigenvalue weighted by atomic mass is 10.00. The van der Waals surface area contributed by atoms with Crippen LogP contribution in [0.2, 0.25) is 0 Å². The van der Waals surface area contributed by atoms with Gasteiger partial charge in [-0.2, -0.15) is 5.10 Å². The van der Waals surface area contributed by atoms with E-state index in [1.807, 2.05) is 6.92 Å². The molecule has 1 aliphatic rings. The maximum Gasteiger partial charge on any atom is 0.125 e.